The molecule has 7 N–H and O–H groups in total. The number of pyridine rings is 1. The maximum absolute atomic E-state index is 12.3. The zero-order chi connectivity index (χ0) is 20.8. The molecule has 0 aliphatic heterocycles. The van der Waals surface area contributed by atoms with Gasteiger partial charge < -0.3 is 16.8 Å². The van der Waals surface area contributed by atoms with Gasteiger partial charge in [0.1, 0.15) is 12.2 Å². The summed E-state index contributed by atoms with van der Waals surface area (Å²) in [4.78, 5) is 20.0. The van der Waals surface area contributed by atoms with Crippen LogP contribution in [0.5, 0.6) is 0 Å². The lowest BCUT2D eigenvalue weighted by Gasteiger charge is -2.12. The highest BCUT2D eigenvalue weighted by Gasteiger charge is 2.12. The molecular weight excluding hydrogens is 366 g/mol. The zero-order valence-corrected chi connectivity index (χ0v) is 15.4. The Kier molecular flexibility index (Phi) is 5.74. The third-order valence-corrected chi connectivity index (χ3v) is 4.17. The van der Waals surface area contributed by atoms with E-state index >= 15 is 0 Å². The Hall–Kier alpha value is -4.33. The minimum Gasteiger partial charge on any atom is -0.398 e. The first kappa shape index (κ1) is 19.4. The summed E-state index contributed by atoms with van der Waals surface area (Å²) in [7, 11) is 0. The molecule has 3 aromatic rings. The molecule has 1 aromatic heterocycles. The number of hydrogen-bond acceptors (Lipinski definition) is 5. The van der Waals surface area contributed by atoms with E-state index < -0.39 is 0 Å². The van der Waals surface area contributed by atoms with Crippen LogP contribution in [0.15, 0.2) is 72.0 Å². The molecule has 29 heavy (non-hydrogen) atoms. The summed E-state index contributed by atoms with van der Waals surface area (Å²) >= 11 is 0. The van der Waals surface area contributed by atoms with Gasteiger partial charge in [0.05, 0.1) is 5.71 Å². The van der Waals surface area contributed by atoms with Crippen LogP contribution < -0.4 is 16.8 Å². The number of nitrogens with zero attached hydrogens (tertiary/aromatic N) is 2. The quantitative estimate of drug-likeness (QED) is 0.251. The Balaban J connectivity index is 1.88. The van der Waals surface area contributed by atoms with Crippen molar-refractivity contribution in [2.24, 2.45) is 10.7 Å². The lowest BCUT2D eigenvalue weighted by molar-refractivity contribution is 0.102. The van der Waals surface area contributed by atoms with Gasteiger partial charge in [-0.25, -0.2) is 4.99 Å². The van der Waals surface area contributed by atoms with E-state index in [1.54, 1.807) is 67.0 Å². The summed E-state index contributed by atoms with van der Waals surface area (Å²) in [5, 5.41) is 18.4. The largest absolute Gasteiger partial charge is 0.398 e. The lowest BCUT2D eigenvalue weighted by atomic mass is 9.98. The molecule has 0 aliphatic rings. The van der Waals surface area contributed by atoms with E-state index in [2.05, 4.69) is 15.3 Å². The van der Waals surface area contributed by atoms with Gasteiger partial charge in [-0.15, -0.1) is 0 Å². The van der Waals surface area contributed by atoms with Crippen molar-refractivity contribution >= 4 is 35.2 Å². The number of nitrogen functional groups attached to an aromatic ring is 1. The highest BCUT2D eigenvalue weighted by atomic mass is 16.1. The molecule has 0 spiro atoms. The summed E-state index contributed by atoms with van der Waals surface area (Å²) in [6.45, 7) is 0. The molecule has 0 bridgehead atoms. The van der Waals surface area contributed by atoms with E-state index in [1.165, 1.54) is 0 Å². The molecule has 2 aromatic carbocycles. The summed E-state index contributed by atoms with van der Waals surface area (Å²) in [5.41, 5.74) is 15.1. The van der Waals surface area contributed by atoms with Crippen molar-refractivity contribution in [2.45, 2.75) is 0 Å². The van der Waals surface area contributed by atoms with Gasteiger partial charge >= 0.3 is 0 Å². The van der Waals surface area contributed by atoms with Gasteiger partial charge in [-0.05, 0) is 42.5 Å². The van der Waals surface area contributed by atoms with Crippen molar-refractivity contribution in [3.05, 3.63) is 89.2 Å². The molecule has 0 aliphatic carbocycles. The van der Waals surface area contributed by atoms with Crippen LogP contribution in [0.4, 0.5) is 11.4 Å². The van der Waals surface area contributed by atoms with Gasteiger partial charge in [0.2, 0.25) is 0 Å². The average Bonchev–Trinajstić information content (AvgIpc) is 2.74. The van der Waals surface area contributed by atoms with E-state index in [1.807, 2.05) is 0 Å². The minimum atomic E-state index is -0.270. The van der Waals surface area contributed by atoms with Crippen LogP contribution in [-0.2, 0) is 0 Å². The van der Waals surface area contributed by atoms with Crippen molar-refractivity contribution in [2.75, 3.05) is 11.1 Å². The molecule has 0 unspecified atom stereocenters. The number of hydrogen-bond donors (Lipinski definition) is 5. The summed E-state index contributed by atoms with van der Waals surface area (Å²) in [5.74, 6) is -0.111. The minimum absolute atomic E-state index is 0.160. The zero-order valence-electron chi connectivity index (χ0n) is 15.4. The molecule has 8 heteroatoms. The number of anilines is 2. The number of benzene rings is 2. The maximum Gasteiger partial charge on any atom is 0.255 e. The molecule has 1 amide bonds. The highest BCUT2D eigenvalue weighted by molar-refractivity contribution is 6.16. The number of amides is 1. The monoisotopic (exact) mass is 385 g/mol. The third kappa shape index (κ3) is 4.51. The first-order valence-electron chi connectivity index (χ1n) is 8.62. The van der Waals surface area contributed by atoms with E-state index in [-0.39, 0.29) is 17.5 Å². The SMILES string of the molecule is N=CN=C(N)c1ccc(N)c(C(=N)c2cccc(NC(=O)c3ccncc3)c2)c1. The maximum atomic E-state index is 12.3. The van der Waals surface area contributed by atoms with Crippen LogP contribution in [0, 0.1) is 10.8 Å². The van der Waals surface area contributed by atoms with Crippen molar-refractivity contribution in [1.29, 1.82) is 10.8 Å². The molecule has 0 saturated heterocycles. The van der Waals surface area contributed by atoms with Gasteiger partial charge in [-0.2, -0.15) is 0 Å². The molecule has 144 valence electrons. The first-order valence-corrected chi connectivity index (χ1v) is 8.62. The average molecular weight is 385 g/mol. The Morgan fingerprint density at radius 2 is 1.79 bits per heavy atom. The van der Waals surface area contributed by atoms with E-state index in [0.29, 0.717) is 33.6 Å². The Morgan fingerprint density at radius 1 is 1.03 bits per heavy atom. The number of rotatable bonds is 6. The van der Waals surface area contributed by atoms with Crippen molar-refractivity contribution < 1.29 is 4.79 Å². The number of aromatic nitrogens is 1. The van der Waals surface area contributed by atoms with Gasteiger partial charge in [0.25, 0.3) is 5.91 Å². The Labute approximate surface area is 167 Å². The van der Waals surface area contributed by atoms with Crippen molar-refractivity contribution in [3.63, 3.8) is 0 Å². The Bertz CT molecular complexity index is 1110. The number of carbonyl (C=O) groups excluding carboxylic acids is 1. The number of aliphatic imine (C=N–C) groups is 1. The van der Waals surface area contributed by atoms with Crippen LogP contribution in [0.3, 0.4) is 0 Å². The highest BCUT2D eigenvalue weighted by Crippen LogP contribution is 2.21. The predicted octanol–water partition coefficient (Wildman–Crippen LogP) is 2.64. The van der Waals surface area contributed by atoms with Gasteiger partial charge in [-0.3, -0.25) is 20.6 Å². The standard InChI is InChI=1S/C21H19N7O/c22-12-27-20(25)15-4-5-18(23)17(11-15)19(24)14-2-1-3-16(10-14)28-21(29)13-6-8-26-9-7-13/h1-12,24H,23H2,(H,28,29)(H3,22,25,27). The molecule has 0 fully saturated rings. The molecule has 0 atom stereocenters. The lowest BCUT2D eigenvalue weighted by Crippen LogP contribution is -2.16. The summed E-state index contributed by atoms with van der Waals surface area (Å²) in [6, 6.07) is 15.2. The predicted molar refractivity (Wildman–Crippen MR) is 115 cm³/mol. The smallest absolute Gasteiger partial charge is 0.255 e. The van der Waals surface area contributed by atoms with Gasteiger partial charge in [0.15, 0.2) is 0 Å². The molecule has 0 saturated carbocycles. The number of amidine groups is 1. The fourth-order valence-corrected chi connectivity index (χ4v) is 2.69. The summed E-state index contributed by atoms with van der Waals surface area (Å²) in [6.07, 6.45) is 3.94. The topological polar surface area (TPSA) is 154 Å². The Morgan fingerprint density at radius 3 is 2.52 bits per heavy atom. The molecule has 3 rings (SSSR count). The van der Waals surface area contributed by atoms with Crippen LogP contribution in [0.1, 0.15) is 27.0 Å². The fourth-order valence-electron chi connectivity index (χ4n) is 2.69. The molecule has 8 nitrogen and oxygen atoms in total. The fraction of sp³-hybridized carbons (Fsp3) is 0. The third-order valence-electron chi connectivity index (χ3n) is 4.17. The van der Waals surface area contributed by atoms with E-state index in [0.717, 1.165) is 6.34 Å². The number of nitrogens with one attached hydrogen (secondary N) is 3. The van der Waals surface area contributed by atoms with Crippen LogP contribution in [0.2, 0.25) is 0 Å². The number of nitrogens with two attached hydrogens (primary N) is 2. The first-order chi connectivity index (χ1) is 14.0. The van der Waals surface area contributed by atoms with Crippen LogP contribution in [0.25, 0.3) is 0 Å². The van der Waals surface area contributed by atoms with E-state index in [9.17, 15) is 4.79 Å². The number of carbonyl (C=O) groups is 1. The summed E-state index contributed by atoms with van der Waals surface area (Å²) < 4.78 is 0. The van der Waals surface area contributed by atoms with Gasteiger partial charge in [0, 0.05) is 46.0 Å². The van der Waals surface area contributed by atoms with E-state index in [4.69, 9.17) is 22.3 Å². The normalized spacial score (nSPS) is 11.0. The van der Waals surface area contributed by atoms with Crippen LogP contribution >= 0.6 is 0 Å². The van der Waals surface area contributed by atoms with Gasteiger partial charge in [-0.1, -0.05) is 12.1 Å². The van der Waals surface area contributed by atoms with Crippen molar-refractivity contribution in [1.82, 2.24) is 4.98 Å². The second kappa shape index (κ2) is 8.57. The molecule has 1 heterocycles. The second-order valence-electron chi connectivity index (χ2n) is 6.09. The molecule has 0 radical (unpaired) electrons. The second-order valence-corrected chi connectivity index (χ2v) is 6.09. The molecular formula is C21H19N7O. The van der Waals surface area contributed by atoms with Crippen molar-refractivity contribution in [3.8, 4) is 0 Å². The van der Waals surface area contributed by atoms with Crippen LogP contribution in [-0.4, -0.2) is 28.8 Å².